The Hall–Kier alpha value is -1.97. The van der Waals surface area contributed by atoms with Crippen molar-refractivity contribution in [2.24, 2.45) is 0 Å². The Morgan fingerprint density at radius 1 is 1.38 bits per heavy atom. The number of unbranched alkanes of at least 4 members (excludes halogenated alkanes) is 1. The molecule has 0 saturated heterocycles. The molecule has 0 aliphatic carbocycles. The number of carbonyl (C=O) groups is 1. The zero-order valence-corrected chi connectivity index (χ0v) is 8.97. The minimum absolute atomic E-state index is 0.154. The standard InChI is InChI=1S/C12H14O4/c1-2-3-4-5-8-6-9(13)7-10(14)11(8)12(15)16/h4-7,13-14H,2-3H2,1H3,(H,15,16)/b5-4+. The number of carboxylic acids is 1. The van der Waals surface area contributed by atoms with E-state index in [2.05, 4.69) is 0 Å². The summed E-state index contributed by atoms with van der Waals surface area (Å²) in [6.45, 7) is 2.00. The SMILES string of the molecule is CCC/C=C/c1cc(O)cc(O)c1C(=O)O. The predicted molar refractivity (Wildman–Crippen MR) is 60.7 cm³/mol. The highest BCUT2D eigenvalue weighted by Crippen LogP contribution is 2.28. The van der Waals surface area contributed by atoms with Gasteiger partial charge in [0.1, 0.15) is 17.1 Å². The average Bonchev–Trinajstić information content (AvgIpc) is 2.16. The van der Waals surface area contributed by atoms with Gasteiger partial charge in [0, 0.05) is 6.07 Å². The summed E-state index contributed by atoms with van der Waals surface area (Å²) in [4.78, 5) is 10.9. The third kappa shape index (κ3) is 2.76. The van der Waals surface area contributed by atoms with Gasteiger partial charge in [0.05, 0.1) is 0 Å². The quantitative estimate of drug-likeness (QED) is 0.731. The number of aromatic hydroxyl groups is 2. The van der Waals surface area contributed by atoms with Crippen LogP contribution in [0, 0.1) is 0 Å². The summed E-state index contributed by atoms with van der Waals surface area (Å²) in [7, 11) is 0. The van der Waals surface area contributed by atoms with Crippen LogP contribution in [0.5, 0.6) is 11.5 Å². The summed E-state index contributed by atoms with van der Waals surface area (Å²) < 4.78 is 0. The molecule has 0 bridgehead atoms. The van der Waals surface area contributed by atoms with E-state index in [9.17, 15) is 15.0 Å². The lowest BCUT2D eigenvalue weighted by molar-refractivity contribution is 0.0693. The molecule has 1 aromatic carbocycles. The van der Waals surface area contributed by atoms with Crippen molar-refractivity contribution in [2.45, 2.75) is 19.8 Å². The van der Waals surface area contributed by atoms with Gasteiger partial charge in [-0.05, 0) is 18.1 Å². The Morgan fingerprint density at radius 2 is 2.06 bits per heavy atom. The van der Waals surface area contributed by atoms with Gasteiger partial charge >= 0.3 is 5.97 Å². The first-order chi connectivity index (χ1) is 7.56. The number of phenolic OH excluding ortho intramolecular Hbond substituents is 1. The first-order valence-electron chi connectivity index (χ1n) is 5.02. The Morgan fingerprint density at radius 3 is 2.62 bits per heavy atom. The highest BCUT2D eigenvalue weighted by Gasteiger charge is 2.14. The number of rotatable bonds is 4. The van der Waals surface area contributed by atoms with Crippen molar-refractivity contribution in [3.63, 3.8) is 0 Å². The molecule has 16 heavy (non-hydrogen) atoms. The third-order valence-corrected chi connectivity index (χ3v) is 2.10. The third-order valence-electron chi connectivity index (χ3n) is 2.10. The lowest BCUT2D eigenvalue weighted by Gasteiger charge is -2.05. The zero-order chi connectivity index (χ0) is 12.1. The van der Waals surface area contributed by atoms with Gasteiger partial charge in [-0.2, -0.15) is 0 Å². The molecule has 4 nitrogen and oxygen atoms in total. The monoisotopic (exact) mass is 222 g/mol. The van der Waals surface area contributed by atoms with Crippen molar-refractivity contribution in [2.75, 3.05) is 0 Å². The fourth-order valence-electron chi connectivity index (χ4n) is 1.37. The molecule has 0 saturated carbocycles. The van der Waals surface area contributed by atoms with Gasteiger partial charge in [0.2, 0.25) is 0 Å². The second-order valence-corrected chi connectivity index (χ2v) is 3.43. The molecule has 1 rings (SSSR count). The first kappa shape index (κ1) is 12.1. The van der Waals surface area contributed by atoms with E-state index in [1.54, 1.807) is 12.2 Å². The molecule has 1 aromatic rings. The number of aromatic carboxylic acids is 1. The molecular formula is C12H14O4. The molecule has 0 aliphatic heterocycles. The van der Waals surface area contributed by atoms with Crippen molar-refractivity contribution < 1.29 is 20.1 Å². The molecule has 86 valence electrons. The summed E-state index contributed by atoms with van der Waals surface area (Å²) in [6.07, 6.45) is 5.16. The number of carboxylic acid groups (broad SMARTS) is 1. The normalized spacial score (nSPS) is 10.8. The Labute approximate surface area is 93.5 Å². The molecule has 0 radical (unpaired) electrons. The minimum Gasteiger partial charge on any atom is -0.508 e. The maximum atomic E-state index is 10.9. The lowest BCUT2D eigenvalue weighted by Crippen LogP contribution is -2.00. The second-order valence-electron chi connectivity index (χ2n) is 3.43. The molecule has 0 unspecified atom stereocenters. The molecule has 4 heteroatoms. The van der Waals surface area contributed by atoms with Crippen molar-refractivity contribution in [1.82, 2.24) is 0 Å². The fraction of sp³-hybridized carbons (Fsp3) is 0.250. The molecule has 0 aliphatic rings. The van der Waals surface area contributed by atoms with Crippen molar-refractivity contribution >= 4 is 12.0 Å². The van der Waals surface area contributed by atoms with Crippen LogP contribution in [0.1, 0.15) is 35.7 Å². The van der Waals surface area contributed by atoms with E-state index in [-0.39, 0.29) is 11.3 Å². The van der Waals surface area contributed by atoms with Gasteiger partial charge in [0.15, 0.2) is 0 Å². The van der Waals surface area contributed by atoms with E-state index in [0.29, 0.717) is 5.56 Å². The van der Waals surface area contributed by atoms with Crippen LogP contribution in [-0.4, -0.2) is 21.3 Å². The van der Waals surface area contributed by atoms with Crippen LogP contribution in [0.4, 0.5) is 0 Å². The van der Waals surface area contributed by atoms with E-state index in [4.69, 9.17) is 5.11 Å². The van der Waals surface area contributed by atoms with E-state index in [0.717, 1.165) is 18.9 Å². The average molecular weight is 222 g/mol. The van der Waals surface area contributed by atoms with Gasteiger partial charge < -0.3 is 15.3 Å². The topological polar surface area (TPSA) is 77.8 Å². The maximum Gasteiger partial charge on any atom is 0.340 e. The van der Waals surface area contributed by atoms with Gasteiger partial charge in [-0.3, -0.25) is 0 Å². The van der Waals surface area contributed by atoms with Crippen molar-refractivity contribution in [1.29, 1.82) is 0 Å². The number of phenols is 2. The van der Waals surface area contributed by atoms with Gasteiger partial charge in [-0.15, -0.1) is 0 Å². The van der Waals surface area contributed by atoms with Crippen LogP contribution in [-0.2, 0) is 0 Å². The largest absolute Gasteiger partial charge is 0.508 e. The zero-order valence-electron chi connectivity index (χ0n) is 8.97. The van der Waals surface area contributed by atoms with Crippen LogP contribution in [0.3, 0.4) is 0 Å². The number of allylic oxidation sites excluding steroid dienone is 1. The van der Waals surface area contributed by atoms with Crippen molar-refractivity contribution in [3.8, 4) is 11.5 Å². The fourth-order valence-corrected chi connectivity index (χ4v) is 1.37. The molecule has 0 heterocycles. The van der Waals surface area contributed by atoms with Crippen molar-refractivity contribution in [3.05, 3.63) is 29.3 Å². The van der Waals surface area contributed by atoms with Gasteiger partial charge in [-0.25, -0.2) is 4.79 Å². The van der Waals surface area contributed by atoms with E-state index in [1.807, 2.05) is 6.92 Å². The van der Waals surface area contributed by atoms with Crippen LogP contribution in [0.25, 0.3) is 6.08 Å². The minimum atomic E-state index is -1.21. The lowest BCUT2D eigenvalue weighted by atomic mass is 10.0. The van der Waals surface area contributed by atoms with Gasteiger partial charge in [0.25, 0.3) is 0 Å². The van der Waals surface area contributed by atoms with Gasteiger partial charge in [-0.1, -0.05) is 25.5 Å². The molecule has 0 spiro atoms. The molecule has 0 amide bonds. The van der Waals surface area contributed by atoms with Crippen LogP contribution in [0.15, 0.2) is 18.2 Å². The summed E-state index contributed by atoms with van der Waals surface area (Å²) in [5.74, 6) is -1.80. The highest BCUT2D eigenvalue weighted by molar-refractivity contribution is 5.95. The smallest absolute Gasteiger partial charge is 0.340 e. The Bertz CT molecular complexity index is 421. The summed E-state index contributed by atoms with van der Waals surface area (Å²) >= 11 is 0. The second kappa shape index (κ2) is 5.21. The Balaban J connectivity index is 3.19. The van der Waals surface area contributed by atoms with Crippen LogP contribution in [0.2, 0.25) is 0 Å². The molecule has 0 atom stereocenters. The number of hydrogen-bond acceptors (Lipinski definition) is 3. The number of hydrogen-bond donors (Lipinski definition) is 3. The molecular weight excluding hydrogens is 208 g/mol. The van der Waals surface area contributed by atoms with E-state index in [1.165, 1.54) is 6.07 Å². The molecule has 3 N–H and O–H groups in total. The predicted octanol–water partition coefficient (Wildman–Crippen LogP) is 2.61. The molecule has 0 fully saturated rings. The van der Waals surface area contributed by atoms with E-state index < -0.39 is 11.7 Å². The maximum absolute atomic E-state index is 10.9. The highest BCUT2D eigenvalue weighted by atomic mass is 16.4. The Kier molecular flexibility index (Phi) is 3.94. The number of benzene rings is 1. The van der Waals surface area contributed by atoms with Crippen LogP contribution < -0.4 is 0 Å². The van der Waals surface area contributed by atoms with Crippen LogP contribution >= 0.6 is 0 Å². The molecule has 0 aromatic heterocycles. The summed E-state index contributed by atoms with van der Waals surface area (Å²) in [5.41, 5.74) is 0.114. The first-order valence-corrected chi connectivity index (χ1v) is 5.02. The van der Waals surface area contributed by atoms with E-state index >= 15 is 0 Å². The summed E-state index contributed by atoms with van der Waals surface area (Å²) in [6, 6.07) is 2.33. The summed E-state index contributed by atoms with van der Waals surface area (Å²) in [5, 5.41) is 27.6.